The Hall–Kier alpha value is -1.19. The third-order valence-corrected chi connectivity index (χ3v) is 1.40. The van der Waals surface area contributed by atoms with E-state index in [-0.39, 0.29) is 6.54 Å². The maximum atomic E-state index is 11.9. The first-order valence-electron chi connectivity index (χ1n) is 3.51. The largest absolute Gasteiger partial charge is 0.354 e. The number of anilines is 1. The molecule has 0 aliphatic carbocycles. The SMILES string of the molecule is CN(CC(F)F)c1cc[c]cn1. The molecule has 0 aliphatic heterocycles. The minimum atomic E-state index is -2.33. The third-order valence-electron chi connectivity index (χ3n) is 1.40. The van der Waals surface area contributed by atoms with E-state index in [2.05, 4.69) is 11.1 Å². The van der Waals surface area contributed by atoms with Crippen LogP contribution in [-0.2, 0) is 0 Å². The van der Waals surface area contributed by atoms with Crippen molar-refractivity contribution in [2.24, 2.45) is 0 Å². The second-order valence-corrected chi connectivity index (χ2v) is 2.39. The average molecular weight is 171 g/mol. The van der Waals surface area contributed by atoms with Crippen LogP contribution in [0.4, 0.5) is 14.6 Å². The second-order valence-electron chi connectivity index (χ2n) is 2.39. The van der Waals surface area contributed by atoms with E-state index in [0.717, 1.165) is 0 Å². The lowest BCUT2D eigenvalue weighted by molar-refractivity contribution is 0.156. The lowest BCUT2D eigenvalue weighted by Crippen LogP contribution is -2.24. The van der Waals surface area contributed by atoms with Gasteiger partial charge in [0.15, 0.2) is 0 Å². The predicted octanol–water partition coefficient (Wildman–Crippen LogP) is 1.58. The summed E-state index contributed by atoms with van der Waals surface area (Å²) >= 11 is 0. The Morgan fingerprint density at radius 3 is 2.92 bits per heavy atom. The first-order valence-corrected chi connectivity index (χ1v) is 3.51. The topological polar surface area (TPSA) is 16.1 Å². The van der Waals surface area contributed by atoms with Crippen molar-refractivity contribution in [3.8, 4) is 0 Å². The molecule has 0 unspecified atom stereocenters. The Bertz CT molecular complexity index is 226. The number of rotatable bonds is 3. The maximum absolute atomic E-state index is 11.9. The molecule has 0 aliphatic rings. The standard InChI is InChI=1S/C8H9F2N2/c1-12(6-7(9)10)8-4-2-3-5-11-8/h2,4-5,7H,6H2,1H3. The van der Waals surface area contributed by atoms with E-state index >= 15 is 0 Å². The molecule has 1 rings (SSSR count). The fourth-order valence-corrected chi connectivity index (χ4v) is 0.838. The van der Waals surface area contributed by atoms with Crippen molar-refractivity contribution in [1.82, 2.24) is 4.98 Å². The van der Waals surface area contributed by atoms with Crippen molar-refractivity contribution in [2.45, 2.75) is 6.43 Å². The number of hydrogen-bond acceptors (Lipinski definition) is 2. The van der Waals surface area contributed by atoms with E-state index in [9.17, 15) is 8.78 Å². The van der Waals surface area contributed by atoms with Gasteiger partial charge in [-0.1, -0.05) is 0 Å². The number of alkyl halides is 2. The van der Waals surface area contributed by atoms with E-state index in [1.54, 1.807) is 19.2 Å². The minimum absolute atomic E-state index is 0.295. The molecule has 0 atom stereocenters. The maximum Gasteiger partial charge on any atom is 0.255 e. The minimum Gasteiger partial charge on any atom is -0.354 e. The molecule has 65 valence electrons. The number of nitrogens with zero attached hydrogens (tertiary/aromatic N) is 2. The van der Waals surface area contributed by atoms with Crippen LogP contribution < -0.4 is 4.90 Å². The number of hydrogen-bond donors (Lipinski definition) is 0. The van der Waals surface area contributed by atoms with Gasteiger partial charge in [0.25, 0.3) is 6.43 Å². The number of halogens is 2. The van der Waals surface area contributed by atoms with Gasteiger partial charge in [0.2, 0.25) is 0 Å². The summed E-state index contributed by atoms with van der Waals surface area (Å²) in [7, 11) is 1.58. The summed E-state index contributed by atoms with van der Waals surface area (Å²) in [6.07, 6.45) is -0.877. The zero-order valence-corrected chi connectivity index (χ0v) is 6.67. The third kappa shape index (κ3) is 2.45. The van der Waals surface area contributed by atoms with Crippen LogP contribution in [0.15, 0.2) is 18.3 Å². The molecule has 0 aromatic carbocycles. The highest BCUT2D eigenvalue weighted by Gasteiger charge is 2.08. The Balaban J connectivity index is 2.59. The monoisotopic (exact) mass is 171 g/mol. The van der Waals surface area contributed by atoms with Crippen LogP contribution in [0.1, 0.15) is 0 Å². The molecule has 4 heteroatoms. The Labute approximate surface area is 69.8 Å². The Morgan fingerprint density at radius 2 is 2.42 bits per heavy atom. The summed E-state index contributed by atoms with van der Waals surface area (Å²) in [5.41, 5.74) is 0. The van der Waals surface area contributed by atoms with Crippen LogP contribution in [-0.4, -0.2) is 25.0 Å². The summed E-state index contributed by atoms with van der Waals surface area (Å²) in [4.78, 5) is 5.27. The van der Waals surface area contributed by atoms with Crippen LogP contribution in [0.5, 0.6) is 0 Å². The smallest absolute Gasteiger partial charge is 0.255 e. The van der Waals surface area contributed by atoms with Crippen LogP contribution in [0.2, 0.25) is 0 Å². The molecule has 1 aromatic rings. The molecule has 0 bridgehead atoms. The lowest BCUT2D eigenvalue weighted by Gasteiger charge is -2.16. The van der Waals surface area contributed by atoms with Gasteiger partial charge in [0.1, 0.15) is 5.82 Å². The van der Waals surface area contributed by atoms with Gasteiger partial charge in [-0.2, -0.15) is 0 Å². The highest BCUT2D eigenvalue weighted by molar-refractivity contribution is 5.35. The summed E-state index contributed by atoms with van der Waals surface area (Å²) < 4.78 is 23.8. The quantitative estimate of drug-likeness (QED) is 0.686. The average Bonchev–Trinajstić information content (AvgIpc) is 2.05. The highest BCUT2D eigenvalue weighted by Crippen LogP contribution is 2.07. The van der Waals surface area contributed by atoms with Gasteiger partial charge in [-0.25, -0.2) is 13.8 Å². The zero-order valence-electron chi connectivity index (χ0n) is 6.67. The molecule has 0 spiro atoms. The highest BCUT2D eigenvalue weighted by atomic mass is 19.3. The van der Waals surface area contributed by atoms with Crippen molar-refractivity contribution in [3.05, 3.63) is 24.4 Å². The van der Waals surface area contributed by atoms with Gasteiger partial charge in [-0.05, 0) is 12.1 Å². The van der Waals surface area contributed by atoms with Crippen LogP contribution in [0.25, 0.3) is 0 Å². The van der Waals surface area contributed by atoms with Gasteiger partial charge in [-0.15, -0.1) is 0 Å². The molecule has 1 radical (unpaired) electrons. The van der Waals surface area contributed by atoms with Gasteiger partial charge in [0.05, 0.1) is 6.54 Å². The van der Waals surface area contributed by atoms with E-state index < -0.39 is 6.43 Å². The van der Waals surface area contributed by atoms with Crippen molar-refractivity contribution in [2.75, 3.05) is 18.5 Å². The Morgan fingerprint density at radius 1 is 1.67 bits per heavy atom. The van der Waals surface area contributed by atoms with E-state index in [0.29, 0.717) is 5.82 Å². The summed E-state index contributed by atoms with van der Waals surface area (Å²) in [5.74, 6) is 0.536. The van der Waals surface area contributed by atoms with Crippen LogP contribution in [0, 0.1) is 6.07 Å². The lowest BCUT2D eigenvalue weighted by atomic mass is 10.4. The molecule has 1 aromatic heterocycles. The molecule has 1 heterocycles. The summed E-state index contributed by atoms with van der Waals surface area (Å²) in [6.45, 7) is -0.295. The van der Waals surface area contributed by atoms with Crippen molar-refractivity contribution < 1.29 is 8.78 Å². The van der Waals surface area contributed by atoms with Crippen LogP contribution >= 0.6 is 0 Å². The number of aromatic nitrogens is 1. The molecular formula is C8H9F2N2. The molecule has 0 amide bonds. The molecule has 2 nitrogen and oxygen atoms in total. The van der Waals surface area contributed by atoms with Gasteiger partial charge >= 0.3 is 0 Å². The van der Waals surface area contributed by atoms with E-state index in [1.165, 1.54) is 11.1 Å². The molecule has 0 N–H and O–H groups in total. The van der Waals surface area contributed by atoms with Crippen LogP contribution in [0.3, 0.4) is 0 Å². The van der Waals surface area contributed by atoms with E-state index in [4.69, 9.17) is 0 Å². The molecular weight excluding hydrogens is 162 g/mol. The van der Waals surface area contributed by atoms with Gasteiger partial charge < -0.3 is 4.90 Å². The molecule has 0 saturated carbocycles. The molecule has 0 fully saturated rings. The first-order chi connectivity index (χ1) is 5.70. The van der Waals surface area contributed by atoms with Crippen molar-refractivity contribution in [1.29, 1.82) is 0 Å². The molecule has 12 heavy (non-hydrogen) atoms. The zero-order chi connectivity index (χ0) is 8.97. The fourth-order valence-electron chi connectivity index (χ4n) is 0.838. The molecule has 0 saturated heterocycles. The van der Waals surface area contributed by atoms with Crippen molar-refractivity contribution in [3.63, 3.8) is 0 Å². The fraction of sp³-hybridized carbons (Fsp3) is 0.375. The predicted molar refractivity (Wildman–Crippen MR) is 42.3 cm³/mol. The second kappa shape index (κ2) is 3.99. The summed E-state index contributed by atoms with van der Waals surface area (Å²) in [6, 6.07) is 6.00. The Kier molecular flexibility index (Phi) is 2.96. The van der Waals surface area contributed by atoms with Gasteiger partial charge in [-0.3, -0.25) is 0 Å². The van der Waals surface area contributed by atoms with Crippen molar-refractivity contribution >= 4 is 5.82 Å². The summed E-state index contributed by atoms with van der Waals surface area (Å²) in [5, 5.41) is 0. The van der Waals surface area contributed by atoms with Gasteiger partial charge in [0, 0.05) is 19.3 Å². The van der Waals surface area contributed by atoms with E-state index in [1.807, 2.05) is 0 Å². The first kappa shape index (κ1) is 8.90. The number of pyridine rings is 1. The normalized spacial score (nSPS) is 10.3.